The van der Waals surface area contributed by atoms with Gasteiger partial charge in [-0.05, 0) is 30.9 Å². The molecule has 0 saturated heterocycles. The number of fused-ring (bicyclic) bond motifs is 1. The number of anilines is 1. The highest BCUT2D eigenvalue weighted by Gasteiger charge is 2.30. The SMILES string of the molecule is CNC1C(=O)Nc2cc(Sc3nnc(C)o3)c(Cl)cc21. The van der Waals surface area contributed by atoms with E-state index >= 15 is 0 Å². The number of aromatic nitrogens is 2. The Bertz CT molecular complexity index is 688. The third-order valence-electron chi connectivity index (χ3n) is 2.93. The molecule has 2 heterocycles. The van der Waals surface area contributed by atoms with Gasteiger partial charge < -0.3 is 15.1 Å². The average molecular weight is 311 g/mol. The maximum Gasteiger partial charge on any atom is 0.281 e. The van der Waals surface area contributed by atoms with Crippen molar-refractivity contribution in [1.82, 2.24) is 15.5 Å². The van der Waals surface area contributed by atoms with E-state index in [1.54, 1.807) is 20.0 Å². The van der Waals surface area contributed by atoms with Crippen LogP contribution in [0.3, 0.4) is 0 Å². The summed E-state index contributed by atoms with van der Waals surface area (Å²) in [7, 11) is 1.73. The smallest absolute Gasteiger partial charge is 0.281 e. The average Bonchev–Trinajstić information content (AvgIpc) is 2.93. The van der Waals surface area contributed by atoms with E-state index in [0.29, 0.717) is 16.1 Å². The predicted molar refractivity (Wildman–Crippen MR) is 75.0 cm³/mol. The van der Waals surface area contributed by atoms with Crippen LogP contribution in [0.1, 0.15) is 17.5 Å². The highest BCUT2D eigenvalue weighted by molar-refractivity contribution is 7.99. The zero-order valence-electron chi connectivity index (χ0n) is 10.7. The standard InChI is InChI=1S/C12H11ClN4O2S/c1-5-16-17-12(19-5)20-9-4-8-6(3-7(9)13)10(14-2)11(18)15-8/h3-4,10,14H,1-2H3,(H,15,18). The van der Waals surface area contributed by atoms with Gasteiger partial charge in [-0.3, -0.25) is 4.79 Å². The van der Waals surface area contributed by atoms with Crippen molar-refractivity contribution >= 4 is 35.0 Å². The molecule has 0 fully saturated rings. The van der Waals surface area contributed by atoms with Crippen LogP contribution in [-0.4, -0.2) is 23.2 Å². The van der Waals surface area contributed by atoms with Crippen LogP contribution in [0, 0.1) is 6.92 Å². The van der Waals surface area contributed by atoms with Crippen molar-refractivity contribution < 1.29 is 9.21 Å². The van der Waals surface area contributed by atoms with Gasteiger partial charge in [0.05, 0.1) is 5.02 Å². The molecule has 1 aliphatic rings. The summed E-state index contributed by atoms with van der Waals surface area (Å²) < 4.78 is 5.31. The van der Waals surface area contributed by atoms with Gasteiger partial charge in [0.15, 0.2) is 0 Å². The van der Waals surface area contributed by atoms with E-state index in [0.717, 1.165) is 16.1 Å². The van der Waals surface area contributed by atoms with Crippen molar-refractivity contribution in [3.8, 4) is 0 Å². The fourth-order valence-corrected chi connectivity index (χ4v) is 3.09. The molecule has 1 aromatic heterocycles. The highest BCUT2D eigenvalue weighted by Crippen LogP contribution is 2.40. The first-order chi connectivity index (χ1) is 9.58. The van der Waals surface area contributed by atoms with Gasteiger partial charge in [0.1, 0.15) is 6.04 Å². The van der Waals surface area contributed by atoms with Crippen molar-refractivity contribution in [2.45, 2.75) is 23.1 Å². The molecule has 1 aliphatic heterocycles. The topological polar surface area (TPSA) is 80.0 Å². The number of nitrogens with zero attached hydrogens (tertiary/aromatic N) is 2. The minimum atomic E-state index is -0.368. The van der Waals surface area contributed by atoms with Crippen LogP contribution in [0.5, 0.6) is 0 Å². The molecule has 0 bridgehead atoms. The summed E-state index contributed by atoms with van der Waals surface area (Å²) >= 11 is 7.52. The molecule has 0 aliphatic carbocycles. The zero-order valence-corrected chi connectivity index (χ0v) is 12.3. The number of halogens is 1. The Hall–Kier alpha value is -1.57. The third kappa shape index (κ3) is 2.28. The molecule has 2 N–H and O–H groups in total. The maximum atomic E-state index is 11.8. The van der Waals surface area contributed by atoms with Crippen molar-refractivity contribution in [2.24, 2.45) is 0 Å². The lowest BCUT2D eigenvalue weighted by atomic mass is 10.1. The van der Waals surface area contributed by atoms with E-state index in [1.807, 2.05) is 6.07 Å². The van der Waals surface area contributed by atoms with Gasteiger partial charge in [-0.25, -0.2) is 0 Å². The fourth-order valence-electron chi connectivity index (χ4n) is 2.04. The Kier molecular flexibility index (Phi) is 3.41. The second kappa shape index (κ2) is 5.08. The maximum absolute atomic E-state index is 11.8. The summed E-state index contributed by atoms with van der Waals surface area (Å²) in [6.07, 6.45) is 0. The second-order valence-electron chi connectivity index (χ2n) is 4.27. The van der Waals surface area contributed by atoms with Gasteiger partial charge in [0.25, 0.3) is 5.22 Å². The Labute approximate surface area is 124 Å². The van der Waals surface area contributed by atoms with Gasteiger partial charge in [0, 0.05) is 23.1 Å². The second-order valence-corrected chi connectivity index (χ2v) is 5.67. The number of likely N-dealkylation sites (N-methyl/N-ethyl adjacent to an activating group) is 1. The van der Waals surface area contributed by atoms with Crippen LogP contribution in [0.4, 0.5) is 5.69 Å². The number of carbonyl (C=O) groups is 1. The Balaban J connectivity index is 1.95. The first-order valence-corrected chi connectivity index (χ1v) is 7.07. The normalized spacial score (nSPS) is 17.1. The lowest BCUT2D eigenvalue weighted by molar-refractivity contribution is -0.117. The van der Waals surface area contributed by atoms with Crippen molar-refractivity contribution in [3.05, 3.63) is 28.6 Å². The zero-order chi connectivity index (χ0) is 14.3. The monoisotopic (exact) mass is 310 g/mol. The fraction of sp³-hybridized carbons (Fsp3) is 0.250. The van der Waals surface area contributed by atoms with Crippen LogP contribution in [-0.2, 0) is 4.79 Å². The molecule has 1 atom stereocenters. The molecular formula is C12H11ClN4O2S. The van der Waals surface area contributed by atoms with Crippen LogP contribution in [0.2, 0.25) is 5.02 Å². The molecule has 104 valence electrons. The largest absolute Gasteiger partial charge is 0.416 e. The first kappa shape index (κ1) is 13.4. The quantitative estimate of drug-likeness (QED) is 0.906. The third-order valence-corrected chi connectivity index (χ3v) is 4.25. The van der Waals surface area contributed by atoms with Gasteiger partial charge in [-0.2, -0.15) is 0 Å². The molecule has 0 spiro atoms. The summed E-state index contributed by atoms with van der Waals surface area (Å²) in [4.78, 5) is 12.5. The number of benzene rings is 1. The Morgan fingerprint density at radius 2 is 2.25 bits per heavy atom. The summed E-state index contributed by atoms with van der Waals surface area (Å²) in [5.41, 5.74) is 1.59. The van der Waals surface area contributed by atoms with E-state index in [2.05, 4.69) is 20.8 Å². The van der Waals surface area contributed by atoms with Crippen LogP contribution in [0.25, 0.3) is 0 Å². The number of hydrogen-bond acceptors (Lipinski definition) is 6. The van der Waals surface area contributed by atoms with Crippen LogP contribution in [0.15, 0.2) is 26.7 Å². The van der Waals surface area contributed by atoms with E-state index in [-0.39, 0.29) is 11.9 Å². The van der Waals surface area contributed by atoms with Crippen molar-refractivity contribution in [3.63, 3.8) is 0 Å². The lowest BCUT2D eigenvalue weighted by Crippen LogP contribution is -2.23. The number of hydrogen-bond donors (Lipinski definition) is 2. The molecule has 3 rings (SSSR count). The Morgan fingerprint density at radius 3 is 2.90 bits per heavy atom. The lowest BCUT2D eigenvalue weighted by Gasteiger charge is -2.08. The molecule has 20 heavy (non-hydrogen) atoms. The number of aryl methyl sites for hydroxylation is 1. The van der Waals surface area contributed by atoms with Crippen LogP contribution < -0.4 is 10.6 Å². The number of amides is 1. The van der Waals surface area contributed by atoms with Crippen molar-refractivity contribution in [2.75, 3.05) is 12.4 Å². The molecule has 1 amide bonds. The molecule has 0 saturated carbocycles. The molecule has 8 heteroatoms. The molecule has 6 nitrogen and oxygen atoms in total. The minimum Gasteiger partial charge on any atom is -0.416 e. The van der Waals surface area contributed by atoms with E-state index in [4.69, 9.17) is 16.0 Å². The number of nitrogens with one attached hydrogen (secondary N) is 2. The number of carbonyl (C=O) groups excluding carboxylic acids is 1. The van der Waals surface area contributed by atoms with Gasteiger partial charge in [-0.15, -0.1) is 10.2 Å². The van der Waals surface area contributed by atoms with E-state index in [9.17, 15) is 4.79 Å². The molecule has 2 aromatic rings. The molecular weight excluding hydrogens is 300 g/mol. The molecule has 1 aromatic carbocycles. The predicted octanol–water partition coefficient (Wildman–Crippen LogP) is 2.40. The van der Waals surface area contributed by atoms with Gasteiger partial charge >= 0.3 is 0 Å². The summed E-state index contributed by atoms with van der Waals surface area (Å²) in [5.74, 6) is 0.405. The summed E-state index contributed by atoms with van der Waals surface area (Å²) in [5, 5.41) is 14.4. The Morgan fingerprint density at radius 1 is 1.45 bits per heavy atom. The number of rotatable bonds is 3. The summed E-state index contributed by atoms with van der Waals surface area (Å²) in [6.45, 7) is 1.72. The van der Waals surface area contributed by atoms with E-state index < -0.39 is 0 Å². The van der Waals surface area contributed by atoms with Crippen molar-refractivity contribution in [1.29, 1.82) is 0 Å². The van der Waals surface area contributed by atoms with Crippen LogP contribution >= 0.6 is 23.4 Å². The minimum absolute atomic E-state index is 0.0886. The van der Waals surface area contributed by atoms with Gasteiger partial charge in [-0.1, -0.05) is 11.6 Å². The van der Waals surface area contributed by atoms with Gasteiger partial charge in [0.2, 0.25) is 11.8 Å². The molecule has 0 radical (unpaired) electrons. The highest BCUT2D eigenvalue weighted by atomic mass is 35.5. The van der Waals surface area contributed by atoms with E-state index in [1.165, 1.54) is 11.8 Å². The summed E-state index contributed by atoms with van der Waals surface area (Å²) in [6, 6.07) is 3.23. The first-order valence-electron chi connectivity index (χ1n) is 5.88. The molecule has 1 unspecified atom stereocenters.